The second-order valence-corrected chi connectivity index (χ2v) is 20.6. The zero-order valence-corrected chi connectivity index (χ0v) is 45.0. The quantitative estimate of drug-likeness (QED) is 0.0584. The first-order valence-electron chi connectivity index (χ1n) is 26.2. The number of ether oxygens (including phenoxy) is 4. The molecule has 2 saturated heterocycles. The first-order chi connectivity index (χ1) is 36.0. The van der Waals surface area contributed by atoms with Crippen LogP contribution in [0.2, 0.25) is 0 Å². The lowest BCUT2D eigenvalue weighted by Gasteiger charge is -2.29. The van der Waals surface area contributed by atoms with Gasteiger partial charge in [-0.25, -0.2) is 9.59 Å². The van der Waals surface area contributed by atoms with Crippen LogP contribution in [0, 0.1) is 19.8 Å². The number of carbonyl (C=O) groups excluding carboxylic acids is 2. The molecular weight excluding hydrogens is 949 g/mol. The third-order valence-corrected chi connectivity index (χ3v) is 14.5. The van der Waals surface area contributed by atoms with Crippen LogP contribution in [0.1, 0.15) is 109 Å². The Morgan fingerprint density at radius 1 is 0.653 bits per heavy atom. The summed E-state index contributed by atoms with van der Waals surface area (Å²) < 4.78 is 36.4. The second-order valence-electron chi connectivity index (χ2n) is 20.6. The number of nitrogens with one attached hydrogen (secondary N) is 2. The molecule has 2 aliphatic heterocycles. The van der Waals surface area contributed by atoms with Crippen LogP contribution in [0.3, 0.4) is 0 Å². The molecule has 0 bridgehead atoms. The van der Waals surface area contributed by atoms with E-state index in [1.165, 1.54) is 0 Å². The summed E-state index contributed by atoms with van der Waals surface area (Å²) in [6.07, 6.45) is 10.9. The van der Waals surface area contributed by atoms with Crippen molar-refractivity contribution in [3.63, 3.8) is 0 Å². The molecule has 2 amide bonds. The highest BCUT2D eigenvalue weighted by Gasteiger charge is 2.23. The van der Waals surface area contributed by atoms with Crippen molar-refractivity contribution in [3.05, 3.63) is 150 Å². The van der Waals surface area contributed by atoms with E-state index in [0.717, 1.165) is 98.1 Å². The van der Waals surface area contributed by atoms with E-state index in [2.05, 4.69) is 60.5 Å². The van der Waals surface area contributed by atoms with Crippen LogP contribution < -0.4 is 40.8 Å². The molecule has 1 unspecified atom stereocenters. The summed E-state index contributed by atoms with van der Waals surface area (Å²) in [6, 6.07) is 21.4. The Bertz CT molecular complexity index is 3220. The number of nitrogens with zero attached hydrogens (tertiary/aromatic N) is 2. The number of rotatable bonds is 19. The van der Waals surface area contributed by atoms with Gasteiger partial charge in [0.2, 0.25) is 0 Å². The molecule has 8 rings (SSSR count). The van der Waals surface area contributed by atoms with Gasteiger partial charge in [0.25, 0.3) is 11.8 Å². The lowest BCUT2D eigenvalue weighted by atomic mass is 9.96. The average molecular weight is 1020 g/mol. The number of likely N-dealkylation sites (tertiary alicyclic amines) is 2. The molecule has 2 fully saturated rings. The Labute approximate surface area is 439 Å². The van der Waals surface area contributed by atoms with Crippen molar-refractivity contribution in [1.82, 2.24) is 9.80 Å². The van der Waals surface area contributed by atoms with Gasteiger partial charge in [-0.3, -0.25) is 9.59 Å². The van der Waals surface area contributed by atoms with Gasteiger partial charge in [0, 0.05) is 59.2 Å². The average Bonchev–Trinajstić information content (AvgIpc) is 3.40. The Hall–Kier alpha value is -7.16. The molecule has 396 valence electrons. The highest BCUT2D eigenvalue weighted by molar-refractivity contribution is 6.06. The maximum atomic E-state index is 13.7. The van der Waals surface area contributed by atoms with Crippen molar-refractivity contribution in [3.8, 4) is 23.0 Å². The maximum Gasteiger partial charge on any atom is 0.360 e. The van der Waals surface area contributed by atoms with E-state index < -0.39 is 23.1 Å². The molecule has 4 aromatic carbocycles. The zero-order chi connectivity index (χ0) is 53.3. The van der Waals surface area contributed by atoms with E-state index in [4.69, 9.17) is 27.8 Å². The number of amides is 2. The van der Waals surface area contributed by atoms with Gasteiger partial charge in [0.15, 0.2) is 0 Å². The van der Waals surface area contributed by atoms with Gasteiger partial charge in [-0.15, -0.1) is 0 Å². The molecule has 14 heteroatoms. The van der Waals surface area contributed by atoms with E-state index in [1.807, 2.05) is 64.1 Å². The van der Waals surface area contributed by atoms with E-state index in [9.17, 15) is 19.2 Å². The van der Waals surface area contributed by atoms with Crippen molar-refractivity contribution in [1.29, 1.82) is 0 Å². The third-order valence-electron chi connectivity index (χ3n) is 14.5. The molecule has 4 heterocycles. The summed E-state index contributed by atoms with van der Waals surface area (Å²) >= 11 is 0. The van der Waals surface area contributed by atoms with Crippen molar-refractivity contribution >= 4 is 45.1 Å². The second kappa shape index (κ2) is 24.5. The van der Waals surface area contributed by atoms with E-state index in [0.29, 0.717) is 75.5 Å². The first kappa shape index (κ1) is 54.1. The van der Waals surface area contributed by atoms with Crippen molar-refractivity contribution in [2.75, 3.05) is 64.6 Å². The number of hydrogen-bond donors (Lipinski definition) is 2. The number of hydrogen-bond acceptors (Lipinski definition) is 12. The fraction of sp³-hybridized carbons (Fsp3) is 0.410. The smallest absolute Gasteiger partial charge is 0.360 e. The molecular formula is C61H72N4O10. The van der Waals surface area contributed by atoms with Crippen LogP contribution in [0.15, 0.2) is 115 Å². The number of carbonyl (C=O) groups is 2. The molecule has 0 saturated carbocycles. The maximum absolute atomic E-state index is 13.7. The first-order valence-corrected chi connectivity index (χ1v) is 26.2. The van der Waals surface area contributed by atoms with E-state index >= 15 is 0 Å². The summed E-state index contributed by atoms with van der Waals surface area (Å²) in [5.41, 5.74) is 5.89. The van der Waals surface area contributed by atoms with Crippen LogP contribution in [-0.4, -0.2) is 87.8 Å². The van der Waals surface area contributed by atoms with Crippen LogP contribution in [-0.2, 0) is 12.8 Å². The molecule has 0 radical (unpaired) electrons. The molecule has 75 heavy (non-hydrogen) atoms. The molecule has 2 aliphatic rings. The van der Waals surface area contributed by atoms with Crippen LogP contribution >= 0.6 is 0 Å². The van der Waals surface area contributed by atoms with Crippen LogP contribution in [0.4, 0.5) is 11.4 Å². The molecule has 2 N–H and O–H groups in total. The monoisotopic (exact) mass is 1020 g/mol. The molecule has 14 nitrogen and oxygen atoms in total. The number of aryl methyl sites for hydroxylation is 2. The lowest BCUT2D eigenvalue weighted by molar-refractivity contribution is 0.101. The highest BCUT2D eigenvalue weighted by Crippen LogP contribution is 2.33. The number of allylic oxidation sites excluding steroid dienone is 4. The van der Waals surface area contributed by atoms with Gasteiger partial charge in [-0.1, -0.05) is 30.2 Å². The largest absolute Gasteiger partial charge is 0.496 e. The molecule has 2 aromatic heterocycles. The highest BCUT2D eigenvalue weighted by atomic mass is 16.5. The van der Waals surface area contributed by atoms with Gasteiger partial charge in [-0.05, 0) is 190 Å². The number of benzene rings is 4. The Kier molecular flexibility index (Phi) is 17.6. The molecule has 1 atom stereocenters. The summed E-state index contributed by atoms with van der Waals surface area (Å²) in [5.74, 6) is 2.02. The standard InChI is InChI=1S/C61H72N4O10/c1-10-41(31-38(4)12-14-42-32-46(17-21-54(42)70-9)58(66)62-50-34-44-15-19-52(39(5)56(44)74-60(50)68)72-48-23-27-64(7)28-24-48)36-71-55-22-18-47(33-43(55)13-11-37(2)3)59(67)63-51-35-45-16-20-53(40(6)57(45)75-61(51)69)73-49-25-29-65(8)30-26-49/h11-12,15-22,32-35,41,48-49H,10,13-14,23-31,36H2,1-9H3,(H,62,66)(H,63,67)/b38-12+. The van der Waals surface area contributed by atoms with E-state index in [-0.39, 0.29) is 29.5 Å². The van der Waals surface area contributed by atoms with Crippen molar-refractivity contribution < 1.29 is 37.4 Å². The third kappa shape index (κ3) is 13.6. The van der Waals surface area contributed by atoms with E-state index in [1.54, 1.807) is 43.5 Å². The summed E-state index contributed by atoms with van der Waals surface area (Å²) in [4.78, 5) is 58.5. The zero-order valence-electron chi connectivity index (χ0n) is 45.0. The number of fused-ring (bicyclic) bond motifs is 2. The predicted molar refractivity (Wildman–Crippen MR) is 297 cm³/mol. The minimum Gasteiger partial charge on any atom is -0.496 e. The van der Waals surface area contributed by atoms with Gasteiger partial charge in [-0.2, -0.15) is 0 Å². The number of anilines is 2. The summed E-state index contributed by atoms with van der Waals surface area (Å²) in [7, 11) is 5.82. The normalized spacial score (nSPS) is 15.4. The molecule has 0 aliphatic carbocycles. The molecule has 6 aromatic rings. The Morgan fingerprint density at radius 2 is 1.11 bits per heavy atom. The minimum atomic E-state index is -0.645. The van der Waals surface area contributed by atoms with Gasteiger partial charge in [0.05, 0.1) is 13.7 Å². The number of methoxy groups -OCH3 is 1. The Balaban J connectivity index is 0.890. The fourth-order valence-electron chi connectivity index (χ4n) is 9.76. The minimum absolute atomic E-state index is 0.0492. The Morgan fingerprint density at radius 3 is 1.57 bits per heavy atom. The van der Waals surface area contributed by atoms with Crippen molar-refractivity contribution in [2.24, 2.45) is 5.92 Å². The number of piperidine rings is 2. The summed E-state index contributed by atoms with van der Waals surface area (Å²) in [6.45, 7) is 16.4. The lowest BCUT2D eigenvalue weighted by Crippen LogP contribution is -2.35. The van der Waals surface area contributed by atoms with Crippen LogP contribution in [0.5, 0.6) is 23.0 Å². The summed E-state index contributed by atoms with van der Waals surface area (Å²) in [5, 5.41) is 6.94. The van der Waals surface area contributed by atoms with Gasteiger partial charge < -0.3 is 48.2 Å². The topological polar surface area (TPSA) is 162 Å². The SMILES string of the molecule is CCC(COc1ccc(C(=O)Nc2cc3ccc(OC4CCN(C)CC4)c(C)c3oc2=O)cc1CC=C(C)C)C/C(C)=C/Cc1cc(C(=O)Nc2cc3ccc(OC4CCN(C)CC4)c(C)c3oc2=O)ccc1OC. The van der Waals surface area contributed by atoms with Crippen LogP contribution in [0.25, 0.3) is 21.9 Å². The molecule has 0 spiro atoms. The van der Waals surface area contributed by atoms with Gasteiger partial charge >= 0.3 is 11.3 Å². The van der Waals surface area contributed by atoms with Crippen molar-refractivity contribution in [2.45, 2.75) is 105 Å². The predicted octanol–water partition coefficient (Wildman–Crippen LogP) is 11.5. The van der Waals surface area contributed by atoms with Gasteiger partial charge in [0.1, 0.15) is 57.7 Å². The fourth-order valence-corrected chi connectivity index (χ4v) is 9.76.